The number of ether oxygens (including phenoxy) is 3. The van der Waals surface area contributed by atoms with Gasteiger partial charge in [0, 0.05) is 25.6 Å². The van der Waals surface area contributed by atoms with Crippen LogP contribution in [0.1, 0.15) is 25.7 Å². The van der Waals surface area contributed by atoms with Gasteiger partial charge in [0.25, 0.3) is 0 Å². The maximum atomic E-state index is 12.3. The van der Waals surface area contributed by atoms with Crippen LogP contribution in [0, 0.1) is 0 Å². The predicted molar refractivity (Wildman–Crippen MR) is 91.4 cm³/mol. The molecule has 1 aromatic rings. The van der Waals surface area contributed by atoms with Crippen molar-refractivity contribution in [2.24, 2.45) is 0 Å². The molecule has 2 saturated heterocycles. The third-order valence-corrected chi connectivity index (χ3v) is 4.29. The molecule has 2 aliphatic rings. The maximum Gasteiger partial charge on any atom is 0.226 e. The smallest absolute Gasteiger partial charge is 0.226 e. The van der Waals surface area contributed by atoms with Crippen LogP contribution in [-0.2, 0) is 14.3 Å². The summed E-state index contributed by atoms with van der Waals surface area (Å²) in [6, 6.07) is 7.60. The number of benzene rings is 1. The van der Waals surface area contributed by atoms with E-state index in [2.05, 4.69) is 10.6 Å². The zero-order chi connectivity index (χ0) is 16.6. The molecule has 1 aromatic carbocycles. The number of amides is 1. The molecule has 2 fully saturated rings. The summed E-state index contributed by atoms with van der Waals surface area (Å²) in [4.78, 5) is 12.3. The van der Waals surface area contributed by atoms with E-state index >= 15 is 0 Å². The summed E-state index contributed by atoms with van der Waals surface area (Å²) >= 11 is 0. The standard InChI is InChI=1S/C18H26N2O4/c21-18(11-14-12-22-10-8-19-14)20-16-6-1-2-7-17(16)24-13-15-5-3-4-9-23-15/h1-2,6-7,14-15,19H,3-5,8-13H2,(H,20,21). The molecule has 2 unspecified atom stereocenters. The van der Waals surface area contributed by atoms with Gasteiger partial charge in [0.1, 0.15) is 12.4 Å². The van der Waals surface area contributed by atoms with E-state index in [9.17, 15) is 4.79 Å². The zero-order valence-corrected chi connectivity index (χ0v) is 14.0. The number of hydrogen-bond acceptors (Lipinski definition) is 5. The van der Waals surface area contributed by atoms with E-state index in [1.165, 1.54) is 6.42 Å². The summed E-state index contributed by atoms with van der Waals surface area (Å²) in [5.41, 5.74) is 0.704. The maximum absolute atomic E-state index is 12.3. The Balaban J connectivity index is 1.51. The molecule has 2 N–H and O–H groups in total. The van der Waals surface area contributed by atoms with Crippen LogP contribution in [0.25, 0.3) is 0 Å². The molecule has 1 amide bonds. The van der Waals surface area contributed by atoms with Crippen LogP contribution in [0.5, 0.6) is 5.75 Å². The molecule has 2 aliphatic heterocycles. The van der Waals surface area contributed by atoms with Crippen LogP contribution in [0.15, 0.2) is 24.3 Å². The Morgan fingerprint density at radius 2 is 2.21 bits per heavy atom. The van der Waals surface area contributed by atoms with Gasteiger partial charge in [-0.3, -0.25) is 4.79 Å². The highest BCUT2D eigenvalue weighted by Crippen LogP contribution is 2.25. The van der Waals surface area contributed by atoms with Crippen LogP contribution in [-0.4, -0.2) is 51.0 Å². The Morgan fingerprint density at radius 1 is 1.29 bits per heavy atom. The van der Waals surface area contributed by atoms with Gasteiger partial charge >= 0.3 is 0 Å². The first kappa shape index (κ1) is 17.2. The third kappa shape index (κ3) is 5.19. The number of para-hydroxylation sites is 2. The number of hydrogen-bond donors (Lipinski definition) is 2. The number of anilines is 1. The van der Waals surface area contributed by atoms with Crippen molar-refractivity contribution in [1.82, 2.24) is 5.32 Å². The Hall–Kier alpha value is -1.63. The molecule has 24 heavy (non-hydrogen) atoms. The van der Waals surface area contributed by atoms with E-state index in [0.29, 0.717) is 37.7 Å². The molecule has 0 aliphatic carbocycles. The van der Waals surface area contributed by atoms with E-state index in [-0.39, 0.29) is 18.1 Å². The number of rotatable bonds is 6. The first-order chi connectivity index (χ1) is 11.8. The number of carbonyl (C=O) groups excluding carboxylic acids is 1. The van der Waals surface area contributed by atoms with E-state index in [4.69, 9.17) is 14.2 Å². The molecule has 2 heterocycles. The Morgan fingerprint density at radius 3 is 3.00 bits per heavy atom. The second kappa shape index (κ2) is 9.01. The summed E-state index contributed by atoms with van der Waals surface area (Å²) in [7, 11) is 0. The minimum Gasteiger partial charge on any atom is -0.489 e. The average Bonchev–Trinajstić information content (AvgIpc) is 2.63. The van der Waals surface area contributed by atoms with Crippen molar-refractivity contribution in [3.63, 3.8) is 0 Å². The number of carbonyl (C=O) groups is 1. The summed E-state index contributed by atoms with van der Waals surface area (Å²) in [6.07, 6.45) is 3.87. The molecule has 2 atom stereocenters. The minimum atomic E-state index is -0.0389. The summed E-state index contributed by atoms with van der Waals surface area (Å²) in [5, 5.41) is 6.23. The highest BCUT2D eigenvalue weighted by atomic mass is 16.5. The lowest BCUT2D eigenvalue weighted by Gasteiger charge is -2.24. The van der Waals surface area contributed by atoms with Crippen LogP contribution in [0.4, 0.5) is 5.69 Å². The van der Waals surface area contributed by atoms with Crippen molar-refractivity contribution in [2.75, 3.05) is 38.3 Å². The molecule has 0 saturated carbocycles. The van der Waals surface area contributed by atoms with Crippen LogP contribution in [0.2, 0.25) is 0 Å². The second-order valence-corrected chi connectivity index (χ2v) is 6.27. The van der Waals surface area contributed by atoms with Crippen LogP contribution < -0.4 is 15.4 Å². The number of nitrogens with one attached hydrogen (secondary N) is 2. The normalized spacial score (nSPS) is 24.3. The first-order valence-corrected chi connectivity index (χ1v) is 8.75. The van der Waals surface area contributed by atoms with Crippen molar-refractivity contribution in [1.29, 1.82) is 0 Å². The van der Waals surface area contributed by atoms with Crippen molar-refractivity contribution in [3.8, 4) is 5.75 Å². The molecule has 0 spiro atoms. The fourth-order valence-electron chi connectivity index (χ4n) is 2.99. The van der Waals surface area contributed by atoms with Crippen LogP contribution >= 0.6 is 0 Å². The van der Waals surface area contributed by atoms with E-state index < -0.39 is 0 Å². The van der Waals surface area contributed by atoms with E-state index in [1.807, 2.05) is 24.3 Å². The van der Waals surface area contributed by atoms with Crippen molar-refractivity contribution < 1.29 is 19.0 Å². The molecule has 6 heteroatoms. The monoisotopic (exact) mass is 334 g/mol. The Labute approximate surface area is 142 Å². The fraction of sp³-hybridized carbons (Fsp3) is 0.611. The lowest BCUT2D eigenvalue weighted by molar-refractivity contribution is -0.117. The average molecular weight is 334 g/mol. The molecular weight excluding hydrogens is 308 g/mol. The van der Waals surface area contributed by atoms with Gasteiger partial charge in [-0.05, 0) is 31.4 Å². The zero-order valence-electron chi connectivity index (χ0n) is 14.0. The van der Waals surface area contributed by atoms with Crippen molar-refractivity contribution >= 4 is 11.6 Å². The molecule has 0 aromatic heterocycles. The molecule has 6 nitrogen and oxygen atoms in total. The lowest BCUT2D eigenvalue weighted by atomic mass is 10.1. The minimum absolute atomic E-state index is 0.0389. The van der Waals surface area contributed by atoms with Gasteiger partial charge in [0.15, 0.2) is 0 Å². The summed E-state index contributed by atoms with van der Waals surface area (Å²) in [6.45, 7) is 3.40. The highest BCUT2D eigenvalue weighted by Gasteiger charge is 2.19. The topological polar surface area (TPSA) is 68.8 Å². The summed E-state index contributed by atoms with van der Waals surface area (Å²) in [5.74, 6) is 0.649. The van der Waals surface area contributed by atoms with Gasteiger partial charge < -0.3 is 24.8 Å². The van der Waals surface area contributed by atoms with Gasteiger partial charge in [0.05, 0.1) is 25.0 Å². The molecule has 0 bridgehead atoms. The third-order valence-electron chi connectivity index (χ3n) is 4.29. The Kier molecular flexibility index (Phi) is 6.46. The molecule has 0 radical (unpaired) electrons. The second-order valence-electron chi connectivity index (χ2n) is 6.27. The summed E-state index contributed by atoms with van der Waals surface area (Å²) < 4.78 is 17.0. The quantitative estimate of drug-likeness (QED) is 0.832. The van der Waals surface area contributed by atoms with Gasteiger partial charge in [-0.2, -0.15) is 0 Å². The van der Waals surface area contributed by atoms with Gasteiger partial charge in [-0.1, -0.05) is 12.1 Å². The SMILES string of the molecule is O=C(CC1COCCN1)Nc1ccccc1OCC1CCCCO1. The first-order valence-electron chi connectivity index (χ1n) is 8.75. The molecular formula is C18H26N2O4. The van der Waals surface area contributed by atoms with Crippen molar-refractivity contribution in [2.45, 2.75) is 37.8 Å². The van der Waals surface area contributed by atoms with E-state index in [0.717, 1.165) is 26.0 Å². The van der Waals surface area contributed by atoms with E-state index in [1.54, 1.807) is 0 Å². The predicted octanol–water partition coefficient (Wildman–Crippen LogP) is 1.95. The van der Waals surface area contributed by atoms with Gasteiger partial charge in [-0.25, -0.2) is 0 Å². The van der Waals surface area contributed by atoms with Gasteiger partial charge in [0.2, 0.25) is 5.91 Å². The largest absolute Gasteiger partial charge is 0.489 e. The molecule has 3 rings (SSSR count). The van der Waals surface area contributed by atoms with Crippen molar-refractivity contribution in [3.05, 3.63) is 24.3 Å². The lowest BCUT2D eigenvalue weighted by Crippen LogP contribution is -2.43. The number of morpholine rings is 1. The Bertz CT molecular complexity index is 526. The van der Waals surface area contributed by atoms with Gasteiger partial charge in [-0.15, -0.1) is 0 Å². The van der Waals surface area contributed by atoms with Crippen LogP contribution in [0.3, 0.4) is 0 Å². The molecule has 132 valence electrons. The highest BCUT2D eigenvalue weighted by molar-refractivity contribution is 5.92. The fourth-order valence-corrected chi connectivity index (χ4v) is 2.99.